The molecule has 1 heterocycles. The molecule has 0 aromatic heterocycles. The number of carbonyl (C=O) groups excluding carboxylic acids is 1. The van der Waals surface area contributed by atoms with Crippen LogP contribution in [0.5, 0.6) is 0 Å². The van der Waals surface area contributed by atoms with Gasteiger partial charge in [0.25, 0.3) is 5.91 Å². The van der Waals surface area contributed by atoms with Crippen LogP contribution in [0.15, 0.2) is 22.7 Å². The van der Waals surface area contributed by atoms with Gasteiger partial charge < -0.3 is 10.2 Å². The Morgan fingerprint density at radius 3 is 2.70 bits per heavy atom. The Kier molecular flexibility index (Phi) is 4.39. The van der Waals surface area contributed by atoms with E-state index in [1.807, 2.05) is 6.92 Å². The summed E-state index contributed by atoms with van der Waals surface area (Å²) in [5.41, 5.74) is -0.765. The van der Waals surface area contributed by atoms with Gasteiger partial charge in [-0.05, 0) is 25.1 Å². The third kappa shape index (κ3) is 3.52. The molecule has 7 heteroatoms. The predicted octanol–water partition coefficient (Wildman–Crippen LogP) is 2.90. The van der Waals surface area contributed by atoms with Crippen LogP contribution in [0.25, 0.3) is 0 Å². The van der Waals surface area contributed by atoms with Crippen LogP contribution in [0.4, 0.5) is 13.2 Å². The summed E-state index contributed by atoms with van der Waals surface area (Å²) in [5.74, 6) is -0.370. The van der Waals surface area contributed by atoms with Crippen molar-refractivity contribution in [1.82, 2.24) is 10.2 Å². The Bertz CT molecular complexity index is 519. The fraction of sp³-hybridized carbons (Fsp3) is 0.462. The fourth-order valence-electron chi connectivity index (χ4n) is 2.18. The van der Waals surface area contributed by atoms with Gasteiger partial charge in [-0.15, -0.1) is 0 Å². The van der Waals surface area contributed by atoms with Crippen LogP contribution >= 0.6 is 15.9 Å². The lowest BCUT2D eigenvalue weighted by atomic mass is 10.1. The third-order valence-electron chi connectivity index (χ3n) is 3.13. The molecule has 20 heavy (non-hydrogen) atoms. The number of rotatable bonds is 1. The number of halogens is 4. The molecular weight excluding hydrogens is 337 g/mol. The molecule has 0 radical (unpaired) electrons. The molecule has 3 nitrogen and oxygen atoms in total. The van der Waals surface area contributed by atoms with Gasteiger partial charge in [-0.2, -0.15) is 13.2 Å². The van der Waals surface area contributed by atoms with Crippen molar-refractivity contribution < 1.29 is 18.0 Å². The number of hydrogen-bond donors (Lipinski definition) is 1. The van der Waals surface area contributed by atoms with Crippen molar-refractivity contribution in [3.05, 3.63) is 33.8 Å². The first kappa shape index (κ1) is 15.3. The highest BCUT2D eigenvalue weighted by atomic mass is 79.9. The van der Waals surface area contributed by atoms with Gasteiger partial charge in [-0.3, -0.25) is 4.79 Å². The number of hydrogen-bond acceptors (Lipinski definition) is 2. The number of nitrogens with zero attached hydrogens (tertiary/aromatic N) is 1. The molecule has 1 fully saturated rings. The Balaban J connectivity index is 2.28. The van der Waals surface area contributed by atoms with Gasteiger partial charge in [0.1, 0.15) is 0 Å². The van der Waals surface area contributed by atoms with Gasteiger partial charge in [0.15, 0.2) is 0 Å². The van der Waals surface area contributed by atoms with E-state index in [9.17, 15) is 18.0 Å². The molecule has 110 valence electrons. The summed E-state index contributed by atoms with van der Waals surface area (Å²) in [4.78, 5) is 13.9. The van der Waals surface area contributed by atoms with Crippen molar-refractivity contribution in [3.8, 4) is 0 Å². The maximum atomic E-state index is 12.8. The van der Waals surface area contributed by atoms with Crippen LogP contribution in [-0.4, -0.2) is 36.5 Å². The van der Waals surface area contributed by atoms with Crippen LogP contribution in [0.3, 0.4) is 0 Å². The minimum absolute atomic E-state index is 0.0563. The second-order valence-electron chi connectivity index (χ2n) is 4.83. The highest BCUT2D eigenvalue weighted by Gasteiger charge is 2.32. The van der Waals surface area contributed by atoms with E-state index in [2.05, 4.69) is 21.2 Å². The molecule has 0 spiro atoms. The largest absolute Gasteiger partial charge is 0.416 e. The smallest absolute Gasteiger partial charge is 0.336 e. The maximum Gasteiger partial charge on any atom is 0.416 e. The van der Waals surface area contributed by atoms with Crippen LogP contribution in [-0.2, 0) is 6.18 Å². The molecule has 1 aromatic carbocycles. The van der Waals surface area contributed by atoms with Crippen molar-refractivity contribution in [1.29, 1.82) is 0 Å². The number of amides is 1. The zero-order chi connectivity index (χ0) is 14.9. The minimum atomic E-state index is -4.46. The quantitative estimate of drug-likeness (QED) is 0.844. The van der Waals surface area contributed by atoms with Crippen LogP contribution in [0, 0.1) is 0 Å². The molecule has 0 aliphatic carbocycles. The second-order valence-corrected chi connectivity index (χ2v) is 5.75. The van der Waals surface area contributed by atoms with Crippen LogP contribution in [0.1, 0.15) is 22.8 Å². The molecular formula is C13H14BrF3N2O. The molecule has 1 aliphatic heterocycles. The highest BCUT2D eigenvalue weighted by molar-refractivity contribution is 9.10. The monoisotopic (exact) mass is 350 g/mol. The molecule has 1 saturated heterocycles. The molecule has 1 aliphatic rings. The summed E-state index contributed by atoms with van der Waals surface area (Å²) in [5, 5.41) is 3.18. The van der Waals surface area contributed by atoms with Crippen molar-refractivity contribution in [2.24, 2.45) is 0 Å². The molecule has 0 unspecified atom stereocenters. The number of piperazine rings is 1. The summed E-state index contributed by atoms with van der Waals surface area (Å²) in [6, 6.07) is 3.43. The average molecular weight is 351 g/mol. The molecule has 1 aromatic rings. The topological polar surface area (TPSA) is 32.3 Å². The summed E-state index contributed by atoms with van der Waals surface area (Å²) in [7, 11) is 0. The first-order chi connectivity index (χ1) is 9.27. The zero-order valence-corrected chi connectivity index (χ0v) is 12.4. The highest BCUT2D eigenvalue weighted by Crippen LogP contribution is 2.32. The van der Waals surface area contributed by atoms with Gasteiger partial charge in [-0.1, -0.05) is 15.9 Å². The molecule has 2 rings (SSSR count). The molecule has 1 N–H and O–H groups in total. The second kappa shape index (κ2) is 5.73. The van der Waals surface area contributed by atoms with E-state index in [0.29, 0.717) is 19.6 Å². The first-order valence-corrected chi connectivity index (χ1v) is 6.97. The number of carbonyl (C=O) groups is 1. The molecule has 0 bridgehead atoms. The Morgan fingerprint density at radius 1 is 1.40 bits per heavy atom. The number of benzene rings is 1. The number of alkyl halides is 3. The standard InChI is InChI=1S/C13H14BrF3N2O/c1-8-7-19(3-2-18-8)12(20)9-4-10(13(15,16)17)6-11(14)5-9/h4-6,8,18H,2-3,7H2,1H3/t8-/m1/s1. The lowest BCUT2D eigenvalue weighted by Gasteiger charge is -2.32. The fourth-order valence-corrected chi connectivity index (χ4v) is 2.67. The zero-order valence-electron chi connectivity index (χ0n) is 10.8. The lowest BCUT2D eigenvalue weighted by Crippen LogP contribution is -2.51. The van der Waals surface area contributed by atoms with Crippen molar-refractivity contribution >= 4 is 21.8 Å². The Hall–Kier alpha value is -1.08. The van der Waals surface area contributed by atoms with Gasteiger partial charge in [0.05, 0.1) is 5.56 Å². The molecule has 1 atom stereocenters. The van der Waals surface area contributed by atoms with Gasteiger partial charge in [-0.25, -0.2) is 0 Å². The molecule has 1 amide bonds. The Morgan fingerprint density at radius 2 is 2.10 bits per heavy atom. The average Bonchev–Trinajstić information content (AvgIpc) is 2.36. The van der Waals surface area contributed by atoms with Gasteiger partial charge in [0, 0.05) is 35.7 Å². The van der Waals surface area contributed by atoms with Gasteiger partial charge >= 0.3 is 6.18 Å². The van der Waals surface area contributed by atoms with E-state index in [0.717, 1.165) is 12.1 Å². The van der Waals surface area contributed by atoms with Crippen molar-refractivity contribution in [2.75, 3.05) is 19.6 Å². The van der Waals surface area contributed by atoms with E-state index in [-0.39, 0.29) is 22.0 Å². The number of nitrogens with one attached hydrogen (secondary N) is 1. The summed E-state index contributed by atoms with van der Waals surface area (Å²) in [6.07, 6.45) is -4.46. The summed E-state index contributed by atoms with van der Waals surface area (Å²) >= 11 is 3.03. The van der Waals surface area contributed by atoms with E-state index in [1.54, 1.807) is 4.90 Å². The van der Waals surface area contributed by atoms with Crippen molar-refractivity contribution in [3.63, 3.8) is 0 Å². The van der Waals surface area contributed by atoms with E-state index >= 15 is 0 Å². The maximum absolute atomic E-state index is 12.8. The van der Waals surface area contributed by atoms with Crippen molar-refractivity contribution in [2.45, 2.75) is 19.1 Å². The normalized spacial score (nSPS) is 20.1. The SMILES string of the molecule is C[C@@H]1CN(C(=O)c2cc(Br)cc(C(F)(F)F)c2)CCN1. The lowest BCUT2D eigenvalue weighted by molar-refractivity contribution is -0.137. The predicted molar refractivity (Wildman–Crippen MR) is 72.5 cm³/mol. The first-order valence-electron chi connectivity index (χ1n) is 6.18. The van der Waals surface area contributed by atoms with Crippen LogP contribution < -0.4 is 5.32 Å². The van der Waals surface area contributed by atoms with Crippen LogP contribution in [0.2, 0.25) is 0 Å². The summed E-state index contributed by atoms with van der Waals surface area (Å²) in [6.45, 7) is 3.57. The van der Waals surface area contributed by atoms with E-state index in [4.69, 9.17) is 0 Å². The Labute approximate surface area is 123 Å². The van der Waals surface area contributed by atoms with E-state index in [1.165, 1.54) is 6.07 Å². The summed E-state index contributed by atoms with van der Waals surface area (Å²) < 4.78 is 38.5. The minimum Gasteiger partial charge on any atom is -0.336 e. The van der Waals surface area contributed by atoms with E-state index < -0.39 is 11.7 Å². The third-order valence-corrected chi connectivity index (χ3v) is 3.59. The molecule has 0 saturated carbocycles. The van der Waals surface area contributed by atoms with Gasteiger partial charge in [0.2, 0.25) is 0 Å².